The minimum atomic E-state index is -0.534. The first-order valence-electron chi connectivity index (χ1n) is 8.20. The normalized spacial score (nSPS) is 11.7. The van der Waals surface area contributed by atoms with E-state index < -0.39 is 11.9 Å². The molecule has 0 saturated carbocycles. The topological polar surface area (TPSA) is 76.7 Å². The lowest BCUT2D eigenvalue weighted by atomic mass is 9.82. The highest BCUT2D eigenvalue weighted by atomic mass is 32.1. The van der Waals surface area contributed by atoms with Gasteiger partial charge in [0.25, 0.3) is 0 Å². The van der Waals surface area contributed by atoms with Crippen molar-refractivity contribution in [3.8, 4) is 0 Å². The van der Waals surface area contributed by atoms with Crippen LogP contribution in [0.3, 0.4) is 0 Å². The second kappa shape index (κ2) is 8.35. The Balaban J connectivity index is 3.10. The highest BCUT2D eigenvalue weighted by Crippen LogP contribution is 2.34. The van der Waals surface area contributed by atoms with E-state index in [4.69, 9.17) is 21.7 Å². The smallest absolute Gasteiger partial charge is 0.348 e. The Bertz CT molecular complexity index is 703. The highest BCUT2D eigenvalue weighted by molar-refractivity contribution is 7.80. The van der Waals surface area contributed by atoms with Crippen molar-refractivity contribution in [3.63, 3.8) is 0 Å². The molecule has 0 amide bonds. The number of hydrogen-bond acceptors (Lipinski definition) is 6. The summed E-state index contributed by atoms with van der Waals surface area (Å²) < 4.78 is 9.63. The molecule has 0 aliphatic carbocycles. The molecule has 0 aliphatic rings. The van der Waals surface area contributed by atoms with Gasteiger partial charge in [0.15, 0.2) is 5.11 Å². The third-order valence-corrected chi connectivity index (χ3v) is 4.95. The van der Waals surface area contributed by atoms with Crippen molar-refractivity contribution in [2.45, 2.75) is 53.5 Å². The molecule has 0 spiro atoms. The molecule has 0 atom stereocenters. The van der Waals surface area contributed by atoms with Crippen molar-refractivity contribution in [1.82, 2.24) is 5.32 Å². The summed E-state index contributed by atoms with van der Waals surface area (Å²) in [5, 5.41) is 7.15. The van der Waals surface area contributed by atoms with Gasteiger partial charge in [-0.25, -0.2) is 9.59 Å². The van der Waals surface area contributed by atoms with Gasteiger partial charge >= 0.3 is 11.9 Å². The van der Waals surface area contributed by atoms with E-state index in [2.05, 4.69) is 45.3 Å². The van der Waals surface area contributed by atoms with Crippen molar-refractivity contribution < 1.29 is 19.1 Å². The summed E-state index contributed by atoms with van der Waals surface area (Å²) in [5.41, 5.74) is 0.676. The summed E-state index contributed by atoms with van der Waals surface area (Å²) in [5.74, 6) is -1.04. The Morgan fingerprint density at radius 1 is 1.08 bits per heavy atom. The first-order valence-corrected chi connectivity index (χ1v) is 9.43. The molecule has 1 heterocycles. The van der Waals surface area contributed by atoms with Crippen molar-refractivity contribution in [2.75, 3.05) is 19.5 Å². The average molecular weight is 401 g/mol. The van der Waals surface area contributed by atoms with Crippen LogP contribution in [0.15, 0.2) is 0 Å². The number of nitrogens with one attached hydrogen (secondary N) is 2. The third kappa shape index (κ3) is 5.95. The van der Waals surface area contributed by atoms with Crippen LogP contribution >= 0.6 is 23.6 Å². The molecule has 0 aromatic carbocycles. The lowest BCUT2D eigenvalue weighted by Gasteiger charge is -2.34. The predicted octanol–water partition coefficient (Wildman–Crippen LogP) is 4.13. The molecule has 0 aliphatic heterocycles. The van der Waals surface area contributed by atoms with Crippen LogP contribution in [0.5, 0.6) is 0 Å². The second-order valence-electron chi connectivity index (χ2n) is 7.94. The minimum Gasteiger partial charge on any atom is -0.465 e. The van der Waals surface area contributed by atoms with E-state index in [9.17, 15) is 9.59 Å². The number of thiocarbonyl (C=S) groups is 1. The van der Waals surface area contributed by atoms with E-state index in [1.165, 1.54) is 14.2 Å². The second-order valence-corrected chi connectivity index (χ2v) is 9.37. The van der Waals surface area contributed by atoms with Gasteiger partial charge in [-0.1, -0.05) is 20.8 Å². The molecule has 1 aromatic heterocycles. The van der Waals surface area contributed by atoms with Gasteiger partial charge in [-0.2, -0.15) is 0 Å². The molecular weight excluding hydrogens is 372 g/mol. The van der Waals surface area contributed by atoms with Gasteiger partial charge in [-0.15, -0.1) is 11.3 Å². The van der Waals surface area contributed by atoms with Crippen LogP contribution in [0.4, 0.5) is 5.00 Å². The number of carbonyl (C=O) groups is 2. The summed E-state index contributed by atoms with van der Waals surface area (Å²) in [6.07, 6.45) is 0.891. The number of hydrogen-bond donors (Lipinski definition) is 2. The van der Waals surface area contributed by atoms with Crippen LogP contribution in [0.25, 0.3) is 0 Å². The third-order valence-electron chi connectivity index (χ3n) is 3.56. The first-order chi connectivity index (χ1) is 11.8. The fourth-order valence-corrected chi connectivity index (χ4v) is 4.61. The van der Waals surface area contributed by atoms with Crippen LogP contribution in [-0.2, 0) is 9.47 Å². The average Bonchev–Trinajstić information content (AvgIpc) is 2.78. The van der Waals surface area contributed by atoms with Crippen LogP contribution in [-0.4, -0.2) is 36.8 Å². The van der Waals surface area contributed by atoms with Crippen molar-refractivity contribution >= 4 is 45.6 Å². The van der Waals surface area contributed by atoms with E-state index in [-0.39, 0.29) is 16.5 Å². The molecule has 6 nitrogen and oxygen atoms in total. The van der Waals surface area contributed by atoms with Gasteiger partial charge in [-0.3, -0.25) is 0 Å². The van der Waals surface area contributed by atoms with E-state index in [0.717, 1.165) is 17.8 Å². The Morgan fingerprint density at radius 3 is 2.08 bits per heavy atom. The number of methoxy groups -OCH3 is 2. The maximum absolute atomic E-state index is 12.2. The van der Waals surface area contributed by atoms with E-state index in [1.807, 2.05) is 0 Å². The molecule has 2 N–H and O–H groups in total. The van der Waals surface area contributed by atoms with Gasteiger partial charge in [0.1, 0.15) is 9.88 Å². The quantitative estimate of drug-likeness (QED) is 0.568. The Hall–Kier alpha value is -1.67. The molecule has 1 rings (SSSR count). The largest absolute Gasteiger partial charge is 0.465 e. The van der Waals surface area contributed by atoms with Crippen molar-refractivity contribution in [3.05, 3.63) is 16.0 Å². The Labute approximate surface area is 164 Å². The van der Waals surface area contributed by atoms with Crippen LogP contribution in [0, 0.1) is 12.3 Å². The fourth-order valence-electron chi connectivity index (χ4n) is 3.05. The van der Waals surface area contributed by atoms with Crippen LogP contribution in [0.2, 0.25) is 0 Å². The zero-order valence-electron chi connectivity index (χ0n) is 16.7. The number of rotatable bonds is 5. The van der Waals surface area contributed by atoms with Gasteiger partial charge in [0.2, 0.25) is 0 Å². The monoisotopic (exact) mass is 400 g/mol. The summed E-state index contributed by atoms with van der Waals surface area (Å²) in [7, 11) is 2.59. The summed E-state index contributed by atoms with van der Waals surface area (Å²) in [6, 6.07) is 0. The van der Waals surface area contributed by atoms with Crippen LogP contribution in [0.1, 0.15) is 66.6 Å². The first kappa shape index (κ1) is 22.4. The summed E-state index contributed by atoms with van der Waals surface area (Å²) in [4.78, 5) is 24.4. The molecule has 1 aromatic rings. The van der Waals surface area contributed by atoms with Gasteiger partial charge < -0.3 is 20.1 Å². The maximum Gasteiger partial charge on any atom is 0.348 e. The minimum absolute atomic E-state index is 0.126. The molecule has 26 heavy (non-hydrogen) atoms. The van der Waals surface area contributed by atoms with Crippen LogP contribution < -0.4 is 10.6 Å². The molecule has 0 radical (unpaired) electrons. The zero-order valence-corrected chi connectivity index (χ0v) is 18.3. The molecule has 0 bridgehead atoms. The Morgan fingerprint density at radius 2 is 1.62 bits per heavy atom. The van der Waals surface area contributed by atoms with Crippen molar-refractivity contribution in [1.29, 1.82) is 0 Å². The maximum atomic E-state index is 12.2. The highest BCUT2D eigenvalue weighted by Gasteiger charge is 2.29. The molecule has 0 fully saturated rings. The number of thiophene rings is 1. The lowest BCUT2D eigenvalue weighted by molar-refractivity contribution is 0.0601. The fraction of sp³-hybridized carbons (Fsp3) is 0.611. The zero-order chi connectivity index (χ0) is 20.3. The van der Waals surface area contributed by atoms with Gasteiger partial charge in [-0.05, 0) is 50.4 Å². The van der Waals surface area contributed by atoms with E-state index in [1.54, 1.807) is 6.92 Å². The van der Waals surface area contributed by atoms with Crippen molar-refractivity contribution in [2.24, 2.45) is 5.41 Å². The number of carbonyl (C=O) groups excluding carboxylic acids is 2. The standard InChI is InChI=1S/C18H28N2O4S2/c1-10-11(14(21)23-7)13(26-12(10)15(22)24-8)19-16(25)20-18(5,6)9-17(2,3)4/h9H2,1-8H3,(H2,19,20,25). The molecule has 0 unspecified atom stereocenters. The van der Waals surface area contributed by atoms with E-state index >= 15 is 0 Å². The van der Waals surface area contributed by atoms with Gasteiger partial charge in [0.05, 0.1) is 19.8 Å². The van der Waals surface area contributed by atoms with Gasteiger partial charge in [0, 0.05) is 5.54 Å². The Kier molecular flexibility index (Phi) is 7.18. The summed E-state index contributed by atoms with van der Waals surface area (Å²) in [6.45, 7) is 12.3. The molecule has 8 heteroatoms. The summed E-state index contributed by atoms with van der Waals surface area (Å²) >= 11 is 6.53. The molecular formula is C18H28N2O4S2. The lowest BCUT2D eigenvalue weighted by Crippen LogP contribution is -2.47. The predicted molar refractivity (Wildman–Crippen MR) is 109 cm³/mol. The molecule has 146 valence electrons. The molecule has 0 saturated heterocycles. The number of anilines is 1. The number of esters is 2. The SMILES string of the molecule is COC(=O)c1sc(NC(=S)NC(C)(C)CC(C)(C)C)c(C(=O)OC)c1C. The number of ether oxygens (including phenoxy) is 2. The van der Waals surface area contributed by atoms with E-state index in [0.29, 0.717) is 20.6 Å².